The molecule has 3 aromatic rings. The molecule has 0 aliphatic carbocycles. The molecule has 2 heterocycles. The molecule has 1 N–H and O–H groups in total. The summed E-state index contributed by atoms with van der Waals surface area (Å²) in [7, 11) is 0. The van der Waals surface area contributed by atoms with Gasteiger partial charge >= 0.3 is 6.03 Å². The summed E-state index contributed by atoms with van der Waals surface area (Å²) in [6.45, 7) is 4.38. The highest BCUT2D eigenvalue weighted by Gasteiger charge is 2.48. The van der Waals surface area contributed by atoms with Gasteiger partial charge in [-0.3, -0.25) is 9.69 Å². The molecule has 2 aromatic carbocycles. The molecule has 4 rings (SSSR count). The zero-order valence-corrected chi connectivity index (χ0v) is 16.8. The van der Waals surface area contributed by atoms with Crippen LogP contribution in [0.25, 0.3) is 5.69 Å². The SMILES string of the molecule is Cc1cccc(OCCCN2C(=O)N[C@@](C)(c3cccc(-n4cnnn4)c3)C2=O)c1. The Bertz CT molecular complexity index is 1070. The van der Waals surface area contributed by atoms with Gasteiger partial charge in [0.1, 0.15) is 17.6 Å². The lowest BCUT2D eigenvalue weighted by molar-refractivity contribution is -0.131. The molecule has 1 fully saturated rings. The molecule has 0 radical (unpaired) electrons. The molecule has 1 atom stereocenters. The minimum atomic E-state index is -1.15. The van der Waals surface area contributed by atoms with E-state index in [0.29, 0.717) is 24.3 Å². The highest BCUT2D eigenvalue weighted by molar-refractivity contribution is 6.07. The number of tetrazole rings is 1. The van der Waals surface area contributed by atoms with E-state index in [9.17, 15) is 9.59 Å². The minimum Gasteiger partial charge on any atom is -0.494 e. The summed E-state index contributed by atoms with van der Waals surface area (Å²) < 4.78 is 7.21. The van der Waals surface area contributed by atoms with E-state index in [1.54, 1.807) is 25.1 Å². The molecule has 1 aliphatic heterocycles. The Kier molecular flexibility index (Phi) is 5.18. The molecule has 9 heteroatoms. The second-order valence-electron chi connectivity index (χ2n) is 7.34. The Balaban J connectivity index is 1.42. The highest BCUT2D eigenvalue weighted by Crippen LogP contribution is 2.30. The van der Waals surface area contributed by atoms with Crippen molar-refractivity contribution in [2.45, 2.75) is 25.8 Å². The molecule has 9 nitrogen and oxygen atoms in total. The zero-order chi connectivity index (χ0) is 21.1. The lowest BCUT2D eigenvalue weighted by Gasteiger charge is -2.22. The van der Waals surface area contributed by atoms with Gasteiger partial charge in [0, 0.05) is 6.54 Å². The molecule has 0 spiro atoms. The van der Waals surface area contributed by atoms with Crippen LogP contribution >= 0.6 is 0 Å². The number of ether oxygens (including phenoxy) is 1. The van der Waals surface area contributed by atoms with E-state index in [2.05, 4.69) is 20.8 Å². The van der Waals surface area contributed by atoms with Crippen molar-refractivity contribution in [3.05, 3.63) is 66.0 Å². The average Bonchev–Trinajstić information content (AvgIpc) is 3.35. The normalized spacial score (nSPS) is 18.5. The second kappa shape index (κ2) is 7.94. The summed E-state index contributed by atoms with van der Waals surface area (Å²) in [6, 6.07) is 14.6. The predicted octanol–water partition coefficient (Wildman–Crippen LogP) is 2.21. The van der Waals surface area contributed by atoms with Crippen LogP contribution in [0.1, 0.15) is 24.5 Å². The summed E-state index contributed by atoms with van der Waals surface area (Å²) in [5, 5.41) is 13.9. The molecular formula is C21H22N6O3. The Hall–Kier alpha value is -3.75. The molecule has 0 unspecified atom stereocenters. The average molecular weight is 406 g/mol. The quantitative estimate of drug-likeness (QED) is 0.477. The first-order valence-corrected chi connectivity index (χ1v) is 9.65. The fraction of sp³-hybridized carbons (Fsp3) is 0.286. The van der Waals surface area contributed by atoms with Crippen molar-refractivity contribution in [2.75, 3.05) is 13.2 Å². The molecule has 0 saturated carbocycles. The van der Waals surface area contributed by atoms with Gasteiger partial charge in [-0.1, -0.05) is 24.3 Å². The monoisotopic (exact) mass is 406 g/mol. The van der Waals surface area contributed by atoms with Crippen LogP contribution < -0.4 is 10.1 Å². The number of carbonyl (C=O) groups excluding carboxylic acids is 2. The first-order chi connectivity index (χ1) is 14.5. The zero-order valence-electron chi connectivity index (χ0n) is 16.8. The van der Waals surface area contributed by atoms with Crippen molar-refractivity contribution in [2.24, 2.45) is 0 Å². The Morgan fingerprint density at radius 3 is 2.73 bits per heavy atom. The molecular weight excluding hydrogens is 384 g/mol. The predicted molar refractivity (Wildman–Crippen MR) is 108 cm³/mol. The molecule has 1 aliphatic rings. The maximum atomic E-state index is 13.1. The highest BCUT2D eigenvalue weighted by atomic mass is 16.5. The van der Waals surface area contributed by atoms with Gasteiger partial charge in [-0.15, -0.1) is 5.10 Å². The van der Waals surface area contributed by atoms with Crippen molar-refractivity contribution in [1.82, 2.24) is 30.4 Å². The number of aromatic nitrogens is 4. The van der Waals surface area contributed by atoms with Crippen LogP contribution in [0.3, 0.4) is 0 Å². The number of nitrogens with one attached hydrogen (secondary N) is 1. The van der Waals surface area contributed by atoms with Crippen LogP contribution in [0.2, 0.25) is 0 Å². The summed E-state index contributed by atoms with van der Waals surface area (Å²) in [5.74, 6) is 0.480. The number of imide groups is 1. The van der Waals surface area contributed by atoms with Gasteiger partial charge < -0.3 is 10.1 Å². The number of amides is 3. The van der Waals surface area contributed by atoms with Gasteiger partial charge in [-0.25, -0.2) is 9.48 Å². The van der Waals surface area contributed by atoms with Gasteiger partial charge in [-0.2, -0.15) is 0 Å². The van der Waals surface area contributed by atoms with Gasteiger partial charge in [0.05, 0.1) is 12.3 Å². The van der Waals surface area contributed by atoms with E-state index in [-0.39, 0.29) is 12.5 Å². The largest absolute Gasteiger partial charge is 0.494 e. The Morgan fingerprint density at radius 1 is 1.13 bits per heavy atom. The fourth-order valence-electron chi connectivity index (χ4n) is 3.45. The van der Waals surface area contributed by atoms with Crippen LogP contribution in [-0.4, -0.2) is 50.2 Å². The summed E-state index contributed by atoms with van der Waals surface area (Å²) >= 11 is 0. The Morgan fingerprint density at radius 2 is 1.97 bits per heavy atom. The van der Waals surface area contributed by atoms with Crippen LogP contribution in [-0.2, 0) is 10.3 Å². The summed E-state index contributed by atoms with van der Waals surface area (Å²) in [5.41, 5.74) is 1.32. The van der Waals surface area contributed by atoms with E-state index in [1.165, 1.54) is 15.9 Å². The van der Waals surface area contributed by atoms with Gasteiger partial charge in [0.15, 0.2) is 0 Å². The third-order valence-corrected chi connectivity index (χ3v) is 5.10. The van der Waals surface area contributed by atoms with Crippen LogP contribution in [0.15, 0.2) is 54.9 Å². The minimum absolute atomic E-state index is 0.277. The molecule has 1 saturated heterocycles. The smallest absolute Gasteiger partial charge is 0.325 e. The van der Waals surface area contributed by atoms with E-state index in [4.69, 9.17) is 4.74 Å². The number of rotatable bonds is 7. The fourth-order valence-corrected chi connectivity index (χ4v) is 3.45. The van der Waals surface area contributed by atoms with Crippen LogP contribution in [0, 0.1) is 6.92 Å². The third-order valence-electron chi connectivity index (χ3n) is 5.10. The number of nitrogens with zero attached hydrogens (tertiary/aromatic N) is 5. The maximum absolute atomic E-state index is 13.1. The maximum Gasteiger partial charge on any atom is 0.325 e. The summed E-state index contributed by atoms with van der Waals surface area (Å²) in [6.07, 6.45) is 2.00. The van der Waals surface area contributed by atoms with Crippen molar-refractivity contribution < 1.29 is 14.3 Å². The number of urea groups is 1. The van der Waals surface area contributed by atoms with E-state index >= 15 is 0 Å². The van der Waals surface area contributed by atoms with Crippen molar-refractivity contribution in [3.8, 4) is 11.4 Å². The first-order valence-electron chi connectivity index (χ1n) is 9.65. The summed E-state index contributed by atoms with van der Waals surface area (Å²) in [4.78, 5) is 26.9. The van der Waals surface area contributed by atoms with Gasteiger partial charge in [-0.05, 0) is 66.1 Å². The number of benzene rings is 2. The number of aryl methyl sites for hydroxylation is 1. The lowest BCUT2D eigenvalue weighted by atomic mass is 9.91. The van der Waals surface area contributed by atoms with E-state index in [1.807, 2.05) is 37.3 Å². The molecule has 0 bridgehead atoms. The van der Waals surface area contributed by atoms with Gasteiger partial charge in [0.25, 0.3) is 5.91 Å². The van der Waals surface area contributed by atoms with E-state index in [0.717, 1.165) is 11.3 Å². The molecule has 30 heavy (non-hydrogen) atoms. The Labute approximate surface area is 173 Å². The van der Waals surface area contributed by atoms with Crippen LogP contribution in [0.4, 0.5) is 4.79 Å². The third kappa shape index (κ3) is 3.73. The van der Waals surface area contributed by atoms with E-state index < -0.39 is 11.6 Å². The molecule has 154 valence electrons. The lowest BCUT2D eigenvalue weighted by Crippen LogP contribution is -2.41. The standard InChI is InChI=1S/C21H22N6O3/c1-15-6-3-9-18(12-15)30-11-5-10-26-19(28)21(2,23-20(26)29)16-7-4-8-17(13-16)27-14-22-24-25-27/h3-4,6-9,12-14H,5,10-11H2,1-2H3,(H,23,29)/t21-/m0/s1. The number of hydrogen-bond donors (Lipinski definition) is 1. The molecule has 1 aromatic heterocycles. The van der Waals surface area contributed by atoms with Gasteiger partial charge in [0.2, 0.25) is 0 Å². The van der Waals surface area contributed by atoms with Crippen molar-refractivity contribution in [3.63, 3.8) is 0 Å². The molecule has 3 amide bonds. The van der Waals surface area contributed by atoms with Crippen molar-refractivity contribution in [1.29, 1.82) is 0 Å². The number of carbonyl (C=O) groups is 2. The second-order valence-corrected chi connectivity index (χ2v) is 7.34. The number of hydrogen-bond acceptors (Lipinski definition) is 6. The van der Waals surface area contributed by atoms with Crippen molar-refractivity contribution >= 4 is 11.9 Å². The topological polar surface area (TPSA) is 102 Å². The first kappa shape index (κ1) is 19.6. The van der Waals surface area contributed by atoms with Crippen LogP contribution in [0.5, 0.6) is 5.75 Å².